The van der Waals surface area contributed by atoms with E-state index >= 15 is 0 Å². The Labute approximate surface area is 195 Å². The lowest BCUT2D eigenvalue weighted by atomic mass is 10.1. The summed E-state index contributed by atoms with van der Waals surface area (Å²) in [6.07, 6.45) is 0. The molecule has 9 heteroatoms. The van der Waals surface area contributed by atoms with Crippen molar-refractivity contribution in [2.45, 2.75) is 26.1 Å². The van der Waals surface area contributed by atoms with Crippen molar-refractivity contribution in [2.75, 3.05) is 0 Å². The summed E-state index contributed by atoms with van der Waals surface area (Å²) in [6.45, 7) is 2.02. The van der Waals surface area contributed by atoms with Gasteiger partial charge in [0.2, 0.25) is 5.91 Å². The number of nitro benzene ring substituents is 1. The molecule has 1 unspecified atom stereocenters. The lowest BCUT2D eigenvalue weighted by Crippen LogP contribution is -2.47. The second kappa shape index (κ2) is 9.53. The van der Waals surface area contributed by atoms with E-state index in [1.807, 2.05) is 30.3 Å². The molecular weight excluding hydrogens is 438 g/mol. The summed E-state index contributed by atoms with van der Waals surface area (Å²) in [5.41, 5.74) is 1.02. The average molecular weight is 459 g/mol. The van der Waals surface area contributed by atoms with Crippen LogP contribution in [0.4, 0.5) is 5.69 Å². The Morgan fingerprint density at radius 3 is 2.35 bits per heavy atom. The van der Waals surface area contributed by atoms with Gasteiger partial charge in [0.05, 0.1) is 10.5 Å². The predicted molar refractivity (Wildman–Crippen MR) is 122 cm³/mol. The van der Waals surface area contributed by atoms with Gasteiger partial charge in [-0.15, -0.1) is 0 Å². The van der Waals surface area contributed by atoms with Crippen LogP contribution < -0.4 is 10.1 Å². The van der Waals surface area contributed by atoms with Crippen molar-refractivity contribution in [3.63, 3.8) is 0 Å². The van der Waals surface area contributed by atoms with Gasteiger partial charge in [0.15, 0.2) is 0 Å². The maximum Gasteiger partial charge on any atom is 0.282 e. The van der Waals surface area contributed by atoms with Gasteiger partial charge in [-0.25, -0.2) is 0 Å². The summed E-state index contributed by atoms with van der Waals surface area (Å²) in [6, 6.07) is 19.6. The first-order chi connectivity index (χ1) is 16.4. The third kappa shape index (κ3) is 4.49. The van der Waals surface area contributed by atoms with Crippen LogP contribution in [-0.2, 0) is 17.9 Å². The van der Waals surface area contributed by atoms with Crippen LogP contribution in [0.2, 0.25) is 0 Å². The van der Waals surface area contributed by atoms with Crippen LogP contribution in [0.3, 0.4) is 0 Å². The van der Waals surface area contributed by atoms with Gasteiger partial charge in [-0.2, -0.15) is 0 Å². The van der Waals surface area contributed by atoms with Gasteiger partial charge < -0.3 is 10.1 Å². The van der Waals surface area contributed by atoms with Gasteiger partial charge in [-0.05, 0) is 36.2 Å². The second-order valence-corrected chi connectivity index (χ2v) is 7.75. The van der Waals surface area contributed by atoms with Gasteiger partial charge in [0, 0.05) is 12.6 Å². The quantitative estimate of drug-likeness (QED) is 0.313. The number of nitro groups is 1. The number of rotatable bonds is 8. The molecule has 0 saturated heterocycles. The van der Waals surface area contributed by atoms with Gasteiger partial charge >= 0.3 is 0 Å². The van der Waals surface area contributed by atoms with E-state index in [2.05, 4.69) is 5.32 Å². The molecule has 0 saturated carbocycles. The van der Waals surface area contributed by atoms with Crippen LogP contribution in [0.5, 0.6) is 5.75 Å². The van der Waals surface area contributed by atoms with Crippen molar-refractivity contribution in [2.24, 2.45) is 0 Å². The average Bonchev–Trinajstić information content (AvgIpc) is 3.11. The van der Waals surface area contributed by atoms with Crippen molar-refractivity contribution in [1.29, 1.82) is 0 Å². The molecule has 3 aromatic rings. The zero-order valence-corrected chi connectivity index (χ0v) is 18.3. The highest BCUT2D eigenvalue weighted by Gasteiger charge is 2.44. The van der Waals surface area contributed by atoms with Crippen molar-refractivity contribution in [3.8, 4) is 5.75 Å². The Morgan fingerprint density at radius 1 is 0.971 bits per heavy atom. The Hall–Kier alpha value is -4.53. The number of nitrogens with zero attached hydrogens (tertiary/aromatic N) is 2. The second-order valence-electron chi connectivity index (χ2n) is 7.75. The highest BCUT2D eigenvalue weighted by Crippen LogP contribution is 2.31. The predicted octanol–water partition coefficient (Wildman–Crippen LogP) is 3.47. The van der Waals surface area contributed by atoms with E-state index in [1.54, 1.807) is 24.3 Å². The van der Waals surface area contributed by atoms with Crippen LogP contribution in [0.15, 0.2) is 72.8 Å². The number of hydrogen-bond acceptors (Lipinski definition) is 6. The fourth-order valence-corrected chi connectivity index (χ4v) is 3.69. The van der Waals surface area contributed by atoms with E-state index in [0.717, 1.165) is 22.1 Å². The van der Waals surface area contributed by atoms with Gasteiger partial charge in [0.1, 0.15) is 24.0 Å². The number of ether oxygens (including phenoxy) is 1. The Kier molecular flexibility index (Phi) is 6.35. The summed E-state index contributed by atoms with van der Waals surface area (Å²) in [5.74, 6) is -1.46. The Bertz CT molecular complexity index is 1260. The van der Waals surface area contributed by atoms with Crippen LogP contribution in [0, 0.1) is 10.1 Å². The summed E-state index contributed by atoms with van der Waals surface area (Å²) >= 11 is 0. The summed E-state index contributed by atoms with van der Waals surface area (Å²) in [4.78, 5) is 49.4. The molecule has 1 N–H and O–H groups in total. The van der Waals surface area contributed by atoms with Crippen LogP contribution in [0.25, 0.3) is 0 Å². The molecule has 0 aliphatic carbocycles. The minimum absolute atomic E-state index is 0.0788. The molecule has 0 bridgehead atoms. The Balaban J connectivity index is 1.36. The topological polar surface area (TPSA) is 119 Å². The number of imide groups is 1. The molecule has 4 rings (SSSR count). The monoisotopic (exact) mass is 459 g/mol. The van der Waals surface area contributed by atoms with Crippen molar-refractivity contribution >= 4 is 23.4 Å². The molecule has 0 aromatic heterocycles. The lowest BCUT2D eigenvalue weighted by molar-refractivity contribution is -0.385. The zero-order chi connectivity index (χ0) is 24.2. The van der Waals surface area contributed by atoms with E-state index in [4.69, 9.17) is 4.74 Å². The number of fused-ring (bicyclic) bond motifs is 1. The fourth-order valence-electron chi connectivity index (χ4n) is 3.69. The van der Waals surface area contributed by atoms with E-state index in [1.165, 1.54) is 19.1 Å². The highest BCUT2D eigenvalue weighted by atomic mass is 16.6. The molecule has 0 radical (unpaired) electrons. The number of amides is 3. The molecule has 172 valence electrons. The Morgan fingerprint density at radius 2 is 1.68 bits per heavy atom. The van der Waals surface area contributed by atoms with Crippen LogP contribution in [0.1, 0.15) is 38.8 Å². The number of nitrogens with one attached hydrogen (secondary N) is 1. The van der Waals surface area contributed by atoms with Gasteiger partial charge in [-0.3, -0.25) is 29.4 Å². The van der Waals surface area contributed by atoms with Crippen LogP contribution >= 0.6 is 0 Å². The smallest absolute Gasteiger partial charge is 0.282 e. The lowest BCUT2D eigenvalue weighted by Gasteiger charge is -2.21. The van der Waals surface area contributed by atoms with Gasteiger partial charge in [0.25, 0.3) is 17.5 Å². The van der Waals surface area contributed by atoms with E-state index in [9.17, 15) is 24.5 Å². The first-order valence-electron chi connectivity index (χ1n) is 10.6. The summed E-state index contributed by atoms with van der Waals surface area (Å²) < 4.78 is 5.74. The maximum absolute atomic E-state index is 12.8. The molecule has 9 nitrogen and oxygen atoms in total. The first kappa shape index (κ1) is 22.7. The van der Waals surface area contributed by atoms with Crippen molar-refractivity contribution < 1.29 is 24.0 Å². The molecule has 1 aliphatic rings. The number of carbonyl (C=O) groups excluding carboxylic acids is 3. The molecular formula is C25H21N3O6. The normalized spacial score (nSPS) is 13.4. The highest BCUT2D eigenvalue weighted by molar-refractivity contribution is 6.24. The minimum Gasteiger partial charge on any atom is -0.489 e. The zero-order valence-electron chi connectivity index (χ0n) is 18.3. The molecule has 1 heterocycles. The third-order valence-electron chi connectivity index (χ3n) is 5.53. The summed E-state index contributed by atoms with van der Waals surface area (Å²) in [5, 5.41) is 14.0. The maximum atomic E-state index is 12.8. The number of benzene rings is 3. The molecule has 0 spiro atoms. The minimum atomic E-state index is -1.14. The van der Waals surface area contributed by atoms with E-state index in [-0.39, 0.29) is 17.7 Å². The standard InChI is InChI=1S/C25H21N3O6/c1-16(27-24(30)20-8-5-9-21(28(32)33)22(20)25(27)31)23(29)26-14-17-10-12-19(13-11-17)34-15-18-6-3-2-4-7-18/h2-13,16H,14-15H2,1H3,(H,26,29). The number of carbonyl (C=O) groups is 3. The largest absolute Gasteiger partial charge is 0.489 e. The van der Waals surface area contributed by atoms with E-state index < -0.39 is 34.4 Å². The van der Waals surface area contributed by atoms with Crippen molar-refractivity contribution in [1.82, 2.24) is 10.2 Å². The first-order valence-corrected chi connectivity index (χ1v) is 10.6. The number of hydrogen-bond donors (Lipinski definition) is 1. The molecule has 0 fully saturated rings. The SMILES string of the molecule is CC(C(=O)NCc1ccc(OCc2ccccc2)cc1)N1C(=O)c2cccc([N+](=O)[O-])c2C1=O. The fraction of sp³-hybridized carbons (Fsp3) is 0.160. The molecule has 3 amide bonds. The molecule has 34 heavy (non-hydrogen) atoms. The third-order valence-corrected chi connectivity index (χ3v) is 5.53. The summed E-state index contributed by atoms with van der Waals surface area (Å²) in [7, 11) is 0. The van der Waals surface area contributed by atoms with Crippen molar-refractivity contribution in [3.05, 3.63) is 105 Å². The van der Waals surface area contributed by atoms with E-state index in [0.29, 0.717) is 12.4 Å². The molecule has 1 aliphatic heterocycles. The van der Waals surface area contributed by atoms with Crippen LogP contribution in [-0.4, -0.2) is 33.6 Å². The molecule has 3 aromatic carbocycles. The van der Waals surface area contributed by atoms with Gasteiger partial charge in [-0.1, -0.05) is 48.5 Å². The molecule has 1 atom stereocenters.